The van der Waals surface area contributed by atoms with Gasteiger partial charge in [0, 0.05) is 6.54 Å². The Labute approximate surface area is 81.6 Å². The molecule has 1 amide bonds. The summed E-state index contributed by atoms with van der Waals surface area (Å²) in [6.07, 6.45) is -1.02. The van der Waals surface area contributed by atoms with E-state index in [2.05, 4.69) is 5.32 Å². The van der Waals surface area contributed by atoms with Gasteiger partial charge in [-0.25, -0.2) is 4.39 Å². The Balaban J connectivity index is 2.46. The molecule has 2 N–H and O–H groups in total. The van der Waals surface area contributed by atoms with E-state index in [4.69, 9.17) is 5.11 Å². The van der Waals surface area contributed by atoms with Crippen molar-refractivity contribution in [3.8, 4) is 0 Å². The van der Waals surface area contributed by atoms with Crippen LogP contribution in [0.2, 0.25) is 0 Å². The number of aliphatic hydroxyl groups excluding tert-OH is 1. The Morgan fingerprint density at radius 3 is 2.57 bits per heavy atom. The zero-order valence-corrected chi connectivity index (χ0v) is 7.83. The lowest BCUT2D eigenvalue weighted by Gasteiger charge is -2.06. The molecular formula is C10H12FNO2. The van der Waals surface area contributed by atoms with Crippen LogP contribution in [0.5, 0.6) is 0 Å². The van der Waals surface area contributed by atoms with E-state index in [0.717, 1.165) is 5.56 Å². The quantitative estimate of drug-likeness (QED) is 0.753. The van der Waals surface area contributed by atoms with Crippen LogP contribution in [0.15, 0.2) is 24.3 Å². The van der Waals surface area contributed by atoms with Crippen LogP contribution in [0.1, 0.15) is 12.5 Å². The molecular weight excluding hydrogens is 185 g/mol. The van der Waals surface area contributed by atoms with Crippen molar-refractivity contribution in [1.82, 2.24) is 5.32 Å². The number of amides is 1. The Bertz CT molecular complexity index is 308. The maximum atomic E-state index is 12.5. The van der Waals surface area contributed by atoms with Crippen molar-refractivity contribution in [1.29, 1.82) is 0 Å². The van der Waals surface area contributed by atoms with E-state index in [0.29, 0.717) is 6.54 Å². The molecule has 1 unspecified atom stereocenters. The maximum Gasteiger partial charge on any atom is 0.248 e. The number of halogens is 1. The lowest BCUT2D eigenvalue weighted by molar-refractivity contribution is -0.128. The highest BCUT2D eigenvalue weighted by Gasteiger charge is 2.06. The Morgan fingerprint density at radius 2 is 2.07 bits per heavy atom. The first-order valence-corrected chi connectivity index (χ1v) is 4.30. The first-order chi connectivity index (χ1) is 6.59. The second-order valence-electron chi connectivity index (χ2n) is 3.02. The topological polar surface area (TPSA) is 49.3 Å². The Morgan fingerprint density at radius 1 is 1.50 bits per heavy atom. The fraction of sp³-hybridized carbons (Fsp3) is 0.300. The third-order valence-corrected chi connectivity index (χ3v) is 1.76. The smallest absolute Gasteiger partial charge is 0.248 e. The van der Waals surface area contributed by atoms with E-state index in [-0.39, 0.29) is 5.82 Å². The molecule has 0 radical (unpaired) electrons. The summed E-state index contributed by atoms with van der Waals surface area (Å²) in [5.41, 5.74) is 0.792. The highest BCUT2D eigenvalue weighted by atomic mass is 19.1. The summed E-state index contributed by atoms with van der Waals surface area (Å²) in [5.74, 6) is -0.745. The normalized spacial score (nSPS) is 12.2. The zero-order chi connectivity index (χ0) is 10.6. The molecule has 14 heavy (non-hydrogen) atoms. The summed E-state index contributed by atoms with van der Waals surface area (Å²) in [4.78, 5) is 10.9. The molecule has 3 nitrogen and oxygen atoms in total. The molecule has 1 atom stereocenters. The highest BCUT2D eigenvalue weighted by molar-refractivity contribution is 5.79. The summed E-state index contributed by atoms with van der Waals surface area (Å²) in [7, 11) is 0. The van der Waals surface area contributed by atoms with Crippen molar-refractivity contribution in [2.45, 2.75) is 19.6 Å². The monoisotopic (exact) mass is 197 g/mol. The predicted molar refractivity (Wildman–Crippen MR) is 49.9 cm³/mol. The molecule has 0 bridgehead atoms. The summed E-state index contributed by atoms with van der Waals surface area (Å²) in [5, 5.41) is 11.4. The van der Waals surface area contributed by atoms with Gasteiger partial charge in [-0.3, -0.25) is 4.79 Å². The molecule has 0 spiro atoms. The highest BCUT2D eigenvalue weighted by Crippen LogP contribution is 2.01. The van der Waals surface area contributed by atoms with Gasteiger partial charge in [0.1, 0.15) is 11.9 Å². The van der Waals surface area contributed by atoms with E-state index in [1.54, 1.807) is 12.1 Å². The van der Waals surface area contributed by atoms with Gasteiger partial charge in [0.25, 0.3) is 0 Å². The summed E-state index contributed by atoms with van der Waals surface area (Å²) in [6, 6.07) is 5.81. The number of rotatable bonds is 3. The molecule has 4 heteroatoms. The average Bonchev–Trinajstić information content (AvgIpc) is 2.16. The van der Waals surface area contributed by atoms with Crippen LogP contribution in [0.3, 0.4) is 0 Å². The summed E-state index contributed by atoms with van der Waals surface area (Å²) in [6.45, 7) is 1.68. The van der Waals surface area contributed by atoms with Crippen LogP contribution in [-0.2, 0) is 11.3 Å². The van der Waals surface area contributed by atoms with E-state index < -0.39 is 12.0 Å². The number of carbonyl (C=O) groups is 1. The van der Waals surface area contributed by atoms with Crippen LogP contribution < -0.4 is 5.32 Å². The van der Waals surface area contributed by atoms with Gasteiger partial charge in [0.15, 0.2) is 0 Å². The lowest BCUT2D eigenvalue weighted by atomic mass is 10.2. The lowest BCUT2D eigenvalue weighted by Crippen LogP contribution is -2.31. The van der Waals surface area contributed by atoms with Crippen molar-refractivity contribution < 1.29 is 14.3 Å². The molecule has 0 aliphatic rings. The van der Waals surface area contributed by atoms with E-state index >= 15 is 0 Å². The van der Waals surface area contributed by atoms with Crippen molar-refractivity contribution in [3.63, 3.8) is 0 Å². The second-order valence-corrected chi connectivity index (χ2v) is 3.02. The molecule has 1 rings (SSSR count). The number of aliphatic hydroxyl groups is 1. The summed E-state index contributed by atoms with van der Waals surface area (Å²) >= 11 is 0. The van der Waals surface area contributed by atoms with E-state index in [9.17, 15) is 9.18 Å². The number of benzene rings is 1. The van der Waals surface area contributed by atoms with Crippen LogP contribution in [0, 0.1) is 5.82 Å². The fourth-order valence-electron chi connectivity index (χ4n) is 0.939. The largest absolute Gasteiger partial charge is 0.384 e. The fourth-order valence-corrected chi connectivity index (χ4v) is 0.939. The molecule has 0 aliphatic carbocycles. The van der Waals surface area contributed by atoms with Gasteiger partial charge < -0.3 is 10.4 Å². The third-order valence-electron chi connectivity index (χ3n) is 1.76. The molecule has 1 aromatic carbocycles. The van der Waals surface area contributed by atoms with Gasteiger partial charge in [-0.2, -0.15) is 0 Å². The minimum Gasteiger partial charge on any atom is -0.384 e. The molecule has 1 aromatic rings. The van der Waals surface area contributed by atoms with Crippen LogP contribution in [0.25, 0.3) is 0 Å². The molecule has 0 heterocycles. The van der Waals surface area contributed by atoms with Gasteiger partial charge in [-0.15, -0.1) is 0 Å². The van der Waals surface area contributed by atoms with Gasteiger partial charge in [-0.05, 0) is 24.6 Å². The van der Waals surface area contributed by atoms with Crippen molar-refractivity contribution in [2.75, 3.05) is 0 Å². The van der Waals surface area contributed by atoms with Gasteiger partial charge in [0.05, 0.1) is 0 Å². The SMILES string of the molecule is CC(O)C(=O)NCc1ccc(F)cc1. The molecule has 0 aromatic heterocycles. The minimum atomic E-state index is -1.02. The number of carbonyl (C=O) groups excluding carboxylic acids is 1. The third kappa shape index (κ3) is 3.14. The van der Waals surface area contributed by atoms with Crippen LogP contribution in [0.4, 0.5) is 4.39 Å². The van der Waals surface area contributed by atoms with Crippen molar-refractivity contribution in [2.24, 2.45) is 0 Å². The van der Waals surface area contributed by atoms with Gasteiger partial charge in [0.2, 0.25) is 5.91 Å². The minimum absolute atomic E-state index is 0.296. The van der Waals surface area contributed by atoms with Crippen LogP contribution in [-0.4, -0.2) is 17.1 Å². The maximum absolute atomic E-state index is 12.5. The Kier molecular flexibility index (Phi) is 3.59. The predicted octanol–water partition coefficient (Wildman–Crippen LogP) is 0.823. The van der Waals surface area contributed by atoms with Gasteiger partial charge >= 0.3 is 0 Å². The first-order valence-electron chi connectivity index (χ1n) is 4.30. The number of hydrogen-bond donors (Lipinski definition) is 2. The van der Waals surface area contributed by atoms with E-state index in [1.165, 1.54) is 19.1 Å². The first kappa shape index (κ1) is 10.7. The van der Waals surface area contributed by atoms with E-state index in [1.807, 2.05) is 0 Å². The van der Waals surface area contributed by atoms with Crippen molar-refractivity contribution >= 4 is 5.91 Å². The zero-order valence-electron chi connectivity index (χ0n) is 7.83. The average molecular weight is 197 g/mol. The standard InChI is InChI=1S/C10H12FNO2/c1-7(13)10(14)12-6-8-2-4-9(11)5-3-8/h2-5,7,13H,6H2,1H3,(H,12,14). The summed E-state index contributed by atoms with van der Waals surface area (Å²) < 4.78 is 12.5. The van der Waals surface area contributed by atoms with Crippen molar-refractivity contribution in [3.05, 3.63) is 35.6 Å². The number of nitrogens with one attached hydrogen (secondary N) is 1. The second kappa shape index (κ2) is 4.72. The number of hydrogen-bond acceptors (Lipinski definition) is 2. The molecule has 0 fully saturated rings. The van der Waals surface area contributed by atoms with Crippen LogP contribution >= 0.6 is 0 Å². The Hall–Kier alpha value is -1.42. The molecule has 0 aliphatic heterocycles. The molecule has 76 valence electrons. The molecule has 0 saturated heterocycles. The molecule has 0 saturated carbocycles. The van der Waals surface area contributed by atoms with Gasteiger partial charge in [-0.1, -0.05) is 12.1 Å².